The Balaban J connectivity index is 1.94. The Hall–Kier alpha value is -2.19. The van der Waals surface area contributed by atoms with E-state index in [1.54, 1.807) is 24.3 Å². The standard InChI is InChI=1S/C18H26N4O3S/c1-4-7-15(18(24)20-16-10-13(3)25-21-16)22(5-2)12-17(23)19-11-14-8-6-9-26-14/h6,8-10,15H,4-5,7,11-12H2,1-3H3,(H,19,23)(H,20,21,24). The van der Waals surface area contributed by atoms with Gasteiger partial charge in [0.1, 0.15) is 5.76 Å². The molecular weight excluding hydrogens is 352 g/mol. The largest absolute Gasteiger partial charge is 0.360 e. The van der Waals surface area contributed by atoms with Crippen molar-refractivity contribution in [2.45, 2.75) is 46.2 Å². The number of hydrogen-bond acceptors (Lipinski definition) is 6. The Morgan fingerprint density at radius 1 is 1.38 bits per heavy atom. The van der Waals surface area contributed by atoms with Crippen molar-refractivity contribution in [3.63, 3.8) is 0 Å². The van der Waals surface area contributed by atoms with E-state index in [0.29, 0.717) is 31.1 Å². The maximum absolute atomic E-state index is 12.7. The molecule has 0 saturated carbocycles. The van der Waals surface area contributed by atoms with Gasteiger partial charge in [0.25, 0.3) is 0 Å². The molecule has 0 spiro atoms. The van der Waals surface area contributed by atoms with Crippen molar-refractivity contribution in [1.82, 2.24) is 15.4 Å². The Bertz CT molecular complexity index is 699. The second-order valence-corrected chi connectivity index (χ2v) is 7.07. The zero-order valence-electron chi connectivity index (χ0n) is 15.4. The van der Waals surface area contributed by atoms with Gasteiger partial charge in [0.05, 0.1) is 19.1 Å². The molecule has 8 heteroatoms. The summed E-state index contributed by atoms with van der Waals surface area (Å²) in [6, 6.07) is 5.22. The fraction of sp³-hybridized carbons (Fsp3) is 0.500. The van der Waals surface area contributed by atoms with E-state index in [2.05, 4.69) is 15.8 Å². The van der Waals surface area contributed by atoms with Gasteiger partial charge in [-0.05, 0) is 31.3 Å². The van der Waals surface area contributed by atoms with E-state index >= 15 is 0 Å². The third kappa shape index (κ3) is 5.96. The first-order valence-corrected chi connectivity index (χ1v) is 9.68. The van der Waals surface area contributed by atoms with Crippen molar-refractivity contribution in [3.05, 3.63) is 34.2 Å². The van der Waals surface area contributed by atoms with Gasteiger partial charge in [-0.15, -0.1) is 11.3 Å². The molecule has 2 N–H and O–H groups in total. The minimum atomic E-state index is -0.394. The normalized spacial score (nSPS) is 12.2. The third-order valence-electron chi connectivity index (χ3n) is 3.98. The van der Waals surface area contributed by atoms with Gasteiger partial charge in [0.2, 0.25) is 11.8 Å². The summed E-state index contributed by atoms with van der Waals surface area (Å²) >= 11 is 1.60. The Kier molecular flexibility index (Phi) is 7.80. The highest BCUT2D eigenvalue weighted by Gasteiger charge is 2.26. The van der Waals surface area contributed by atoms with E-state index in [0.717, 1.165) is 11.3 Å². The zero-order chi connectivity index (χ0) is 18.9. The van der Waals surface area contributed by atoms with E-state index in [9.17, 15) is 9.59 Å². The average molecular weight is 378 g/mol. The van der Waals surface area contributed by atoms with Gasteiger partial charge in [-0.25, -0.2) is 0 Å². The SMILES string of the molecule is CCCC(C(=O)Nc1cc(C)on1)N(CC)CC(=O)NCc1cccs1. The number of anilines is 1. The highest BCUT2D eigenvalue weighted by molar-refractivity contribution is 7.09. The molecule has 0 aromatic carbocycles. The second kappa shape index (κ2) is 10.1. The molecule has 0 aliphatic carbocycles. The van der Waals surface area contributed by atoms with Gasteiger partial charge >= 0.3 is 0 Å². The van der Waals surface area contributed by atoms with Crippen LogP contribution in [0.5, 0.6) is 0 Å². The first-order chi connectivity index (χ1) is 12.5. The molecule has 2 rings (SSSR count). The van der Waals surface area contributed by atoms with Gasteiger partial charge < -0.3 is 15.2 Å². The molecule has 26 heavy (non-hydrogen) atoms. The number of aryl methyl sites for hydroxylation is 1. The topological polar surface area (TPSA) is 87.5 Å². The Morgan fingerprint density at radius 2 is 2.19 bits per heavy atom. The molecule has 0 fully saturated rings. The van der Waals surface area contributed by atoms with Crippen LogP contribution >= 0.6 is 11.3 Å². The van der Waals surface area contributed by atoms with Crippen molar-refractivity contribution < 1.29 is 14.1 Å². The van der Waals surface area contributed by atoms with E-state index in [1.165, 1.54) is 0 Å². The van der Waals surface area contributed by atoms with Crippen LogP contribution in [0.4, 0.5) is 5.82 Å². The molecule has 0 saturated heterocycles. The van der Waals surface area contributed by atoms with Crippen LogP contribution in [0.25, 0.3) is 0 Å². The molecule has 7 nitrogen and oxygen atoms in total. The van der Waals surface area contributed by atoms with Crippen molar-refractivity contribution in [1.29, 1.82) is 0 Å². The predicted molar refractivity (Wildman–Crippen MR) is 102 cm³/mol. The number of thiophene rings is 1. The second-order valence-electron chi connectivity index (χ2n) is 6.04. The highest BCUT2D eigenvalue weighted by Crippen LogP contribution is 2.13. The molecule has 0 radical (unpaired) electrons. The van der Waals surface area contributed by atoms with Crippen LogP contribution < -0.4 is 10.6 Å². The van der Waals surface area contributed by atoms with Crippen LogP contribution in [0.2, 0.25) is 0 Å². The lowest BCUT2D eigenvalue weighted by atomic mass is 10.1. The summed E-state index contributed by atoms with van der Waals surface area (Å²) in [5, 5.41) is 11.5. The molecule has 0 bridgehead atoms. The monoisotopic (exact) mass is 378 g/mol. The molecule has 0 aliphatic rings. The number of nitrogens with one attached hydrogen (secondary N) is 2. The summed E-state index contributed by atoms with van der Waals surface area (Å²) < 4.78 is 4.98. The van der Waals surface area contributed by atoms with Crippen LogP contribution in [-0.2, 0) is 16.1 Å². The zero-order valence-corrected chi connectivity index (χ0v) is 16.3. The summed E-state index contributed by atoms with van der Waals surface area (Å²) in [5.41, 5.74) is 0. The van der Waals surface area contributed by atoms with Crippen molar-refractivity contribution >= 4 is 29.0 Å². The maximum Gasteiger partial charge on any atom is 0.242 e. The first-order valence-electron chi connectivity index (χ1n) is 8.80. The van der Waals surface area contributed by atoms with Crippen LogP contribution in [0, 0.1) is 6.92 Å². The van der Waals surface area contributed by atoms with Crippen molar-refractivity contribution in [2.75, 3.05) is 18.4 Å². The fourth-order valence-corrected chi connectivity index (χ4v) is 3.31. The van der Waals surface area contributed by atoms with Crippen LogP contribution in [-0.4, -0.2) is 41.0 Å². The van der Waals surface area contributed by atoms with E-state index in [4.69, 9.17) is 4.52 Å². The number of rotatable bonds is 10. The predicted octanol–water partition coefficient (Wildman–Crippen LogP) is 2.79. The van der Waals surface area contributed by atoms with Crippen LogP contribution in [0.3, 0.4) is 0 Å². The minimum Gasteiger partial charge on any atom is -0.360 e. The average Bonchev–Trinajstić information content (AvgIpc) is 3.27. The van der Waals surface area contributed by atoms with E-state index < -0.39 is 6.04 Å². The quantitative estimate of drug-likeness (QED) is 0.664. The Morgan fingerprint density at radius 3 is 2.77 bits per heavy atom. The van der Waals surface area contributed by atoms with Crippen LogP contribution in [0.15, 0.2) is 28.1 Å². The first kappa shape index (κ1) is 20.1. The summed E-state index contributed by atoms with van der Waals surface area (Å²) in [4.78, 5) is 28.0. The summed E-state index contributed by atoms with van der Waals surface area (Å²) in [6.45, 7) is 7.02. The van der Waals surface area contributed by atoms with Gasteiger partial charge in [0, 0.05) is 10.9 Å². The number of carbonyl (C=O) groups excluding carboxylic acids is 2. The number of hydrogen-bond donors (Lipinski definition) is 2. The van der Waals surface area contributed by atoms with E-state index in [-0.39, 0.29) is 18.4 Å². The van der Waals surface area contributed by atoms with Crippen molar-refractivity contribution in [3.8, 4) is 0 Å². The Labute approximate surface area is 157 Å². The molecule has 1 unspecified atom stereocenters. The number of aromatic nitrogens is 1. The number of nitrogens with zero attached hydrogens (tertiary/aromatic N) is 2. The van der Waals surface area contributed by atoms with E-state index in [1.807, 2.05) is 36.3 Å². The molecule has 2 amide bonds. The maximum atomic E-state index is 12.7. The van der Waals surface area contributed by atoms with Gasteiger partial charge in [-0.2, -0.15) is 0 Å². The highest BCUT2D eigenvalue weighted by atomic mass is 32.1. The lowest BCUT2D eigenvalue weighted by molar-refractivity contribution is -0.126. The molecule has 1 atom stereocenters. The van der Waals surface area contributed by atoms with Gasteiger partial charge in [0.15, 0.2) is 5.82 Å². The summed E-state index contributed by atoms with van der Waals surface area (Å²) in [7, 11) is 0. The molecule has 142 valence electrons. The molecule has 2 aromatic heterocycles. The smallest absolute Gasteiger partial charge is 0.242 e. The molecular formula is C18H26N4O3S. The minimum absolute atomic E-state index is 0.0913. The summed E-state index contributed by atoms with van der Waals surface area (Å²) in [5.74, 6) is 0.763. The number of carbonyl (C=O) groups is 2. The van der Waals surface area contributed by atoms with Gasteiger partial charge in [-0.1, -0.05) is 31.5 Å². The molecule has 2 heterocycles. The lowest BCUT2D eigenvalue weighted by Crippen LogP contribution is -2.48. The van der Waals surface area contributed by atoms with Crippen molar-refractivity contribution in [2.24, 2.45) is 0 Å². The number of amides is 2. The lowest BCUT2D eigenvalue weighted by Gasteiger charge is -2.28. The van der Waals surface area contributed by atoms with Crippen LogP contribution in [0.1, 0.15) is 37.3 Å². The number of likely N-dealkylation sites (N-methyl/N-ethyl adjacent to an activating group) is 1. The molecule has 0 aliphatic heterocycles. The fourth-order valence-electron chi connectivity index (χ4n) is 2.67. The third-order valence-corrected chi connectivity index (χ3v) is 4.85. The van der Waals surface area contributed by atoms with Gasteiger partial charge in [-0.3, -0.25) is 14.5 Å². The molecule has 2 aromatic rings. The summed E-state index contributed by atoms with van der Waals surface area (Å²) in [6.07, 6.45) is 1.50.